The van der Waals surface area contributed by atoms with Crippen molar-refractivity contribution in [2.75, 3.05) is 0 Å². The molecule has 0 bridgehead atoms. The van der Waals surface area contributed by atoms with Crippen molar-refractivity contribution in [2.45, 2.75) is 45.1 Å². The van der Waals surface area contributed by atoms with Crippen LogP contribution in [0.5, 0.6) is 0 Å². The van der Waals surface area contributed by atoms with Gasteiger partial charge in [-0.2, -0.15) is 5.10 Å². The van der Waals surface area contributed by atoms with Crippen molar-refractivity contribution in [3.8, 4) is 5.69 Å². The zero-order chi connectivity index (χ0) is 18.1. The molecule has 0 aromatic carbocycles. The van der Waals surface area contributed by atoms with E-state index in [2.05, 4.69) is 20.6 Å². The third-order valence-corrected chi connectivity index (χ3v) is 4.73. The molecule has 0 saturated heterocycles. The van der Waals surface area contributed by atoms with Crippen LogP contribution in [-0.2, 0) is 6.42 Å². The predicted octanol–water partition coefficient (Wildman–Crippen LogP) is 3.19. The summed E-state index contributed by atoms with van der Waals surface area (Å²) in [5.41, 5.74) is 3.50. The molecule has 1 aliphatic rings. The van der Waals surface area contributed by atoms with Crippen LogP contribution in [-0.4, -0.2) is 25.8 Å². The first-order valence-electron chi connectivity index (χ1n) is 8.88. The van der Waals surface area contributed by atoms with Gasteiger partial charge >= 0.3 is 0 Å². The van der Waals surface area contributed by atoms with Gasteiger partial charge in [-0.1, -0.05) is 19.0 Å². The normalized spacial score (nSPS) is 16.5. The maximum absolute atomic E-state index is 12.6. The van der Waals surface area contributed by atoms with Gasteiger partial charge in [-0.3, -0.25) is 9.78 Å². The average Bonchev–Trinajstić information content (AvgIpc) is 3.30. The van der Waals surface area contributed by atoms with Crippen molar-refractivity contribution in [2.24, 2.45) is 0 Å². The molecule has 26 heavy (non-hydrogen) atoms. The zero-order valence-corrected chi connectivity index (χ0v) is 14.8. The first-order valence-corrected chi connectivity index (χ1v) is 8.88. The van der Waals surface area contributed by atoms with E-state index < -0.39 is 0 Å². The molecule has 1 atom stereocenters. The van der Waals surface area contributed by atoms with Crippen molar-refractivity contribution in [1.82, 2.24) is 25.2 Å². The number of rotatable bonds is 4. The van der Waals surface area contributed by atoms with Crippen LogP contribution in [0, 0.1) is 0 Å². The van der Waals surface area contributed by atoms with Crippen molar-refractivity contribution >= 4 is 5.91 Å². The Bertz CT molecular complexity index is 913. The summed E-state index contributed by atoms with van der Waals surface area (Å²) < 4.78 is 7.17. The minimum Gasteiger partial charge on any atom is -0.360 e. The number of carbonyl (C=O) groups excluding carboxylic acids is 1. The number of hydrogen-bond acceptors (Lipinski definition) is 5. The van der Waals surface area contributed by atoms with E-state index in [4.69, 9.17) is 4.52 Å². The van der Waals surface area contributed by atoms with Crippen LogP contribution in [0.15, 0.2) is 41.3 Å². The first kappa shape index (κ1) is 16.5. The highest BCUT2D eigenvalue weighted by Gasteiger charge is 2.27. The molecule has 0 unspecified atom stereocenters. The van der Waals surface area contributed by atoms with Gasteiger partial charge in [0.15, 0.2) is 5.69 Å². The van der Waals surface area contributed by atoms with Gasteiger partial charge in [-0.25, -0.2) is 4.68 Å². The molecule has 0 fully saturated rings. The van der Waals surface area contributed by atoms with Crippen LogP contribution < -0.4 is 5.32 Å². The molecule has 0 saturated carbocycles. The lowest BCUT2D eigenvalue weighted by Crippen LogP contribution is -2.31. The van der Waals surface area contributed by atoms with E-state index in [-0.39, 0.29) is 17.9 Å². The van der Waals surface area contributed by atoms with E-state index in [0.29, 0.717) is 11.5 Å². The molecule has 0 spiro atoms. The molecule has 3 heterocycles. The van der Waals surface area contributed by atoms with Crippen molar-refractivity contribution in [1.29, 1.82) is 0 Å². The molecule has 7 heteroatoms. The number of hydrogen-bond donors (Lipinski definition) is 1. The Morgan fingerprint density at radius 1 is 1.35 bits per heavy atom. The maximum Gasteiger partial charge on any atom is 0.273 e. The van der Waals surface area contributed by atoms with Gasteiger partial charge in [0.1, 0.15) is 5.76 Å². The molecule has 3 aromatic rings. The van der Waals surface area contributed by atoms with Gasteiger partial charge in [0, 0.05) is 35.6 Å². The Morgan fingerprint density at radius 3 is 2.88 bits per heavy atom. The number of aromatic nitrogens is 4. The lowest BCUT2D eigenvalue weighted by atomic mass is 9.92. The Labute approximate surface area is 151 Å². The summed E-state index contributed by atoms with van der Waals surface area (Å²) in [4.78, 5) is 16.6. The molecule has 4 rings (SSSR count). The van der Waals surface area contributed by atoms with E-state index in [0.717, 1.165) is 36.2 Å². The fourth-order valence-corrected chi connectivity index (χ4v) is 3.32. The molecule has 3 aromatic heterocycles. The third kappa shape index (κ3) is 3.00. The Kier molecular flexibility index (Phi) is 4.28. The number of nitrogens with one attached hydrogen (secondary N) is 1. The number of carbonyl (C=O) groups is 1. The van der Waals surface area contributed by atoms with Crippen LogP contribution in [0.25, 0.3) is 5.69 Å². The second kappa shape index (κ2) is 6.74. The smallest absolute Gasteiger partial charge is 0.273 e. The van der Waals surface area contributed by atoms with E-state index >= 15 is 0 Å². The second-order valence-corrected chi connectivity index (χ2v) is 6.85. The van der Waals surface area contributed by atoms with E-state index in [9.17, 15) is 4.79 Å². The molecular formula is C19H21N5O2. The summed E-state index contributed by atoms with van der Waals surface area (Å²) in [6.07, 6.45) is 8.17. The zero-order valence-electron chi connectivity index (χ0n) is 14.8. The molecule has 0 radical (unpaired) electrons. The topological polar surface area (TPSA) is 85.8 Å². The summed E-state index contributed by atoms with van der Waals surface area (Å²) in [7, 11) is 0. The van der Waals surface area contributed by atoms with Gasteiger partial charge in [0.25, 0.3) is 5.91 Å². The van der Waals surface area contributed by atoms with Crippen LogP contribution in [0.4, 0.5) is 0 Å². The molecule has 1 aliphatic carbocycles. The summed E-state index contributed by atoms with van der Waals surface area (Å²) in [5, 5.41) is 11.5. The predicted molar refractivity (Wildman–Crippen MR) is 95.1 cm³/mol. The number of fused-ring (bicyclic) bond motifs is 1. The monoisotopic (exact) mass is 351 g/mol. The second-order valence-electron chi connectivity index (χ2n) is 6.85. The Morgan fingerprint density at radius 2 is 2.15 bits per heavy atom. The van der Waals surface area contributed by atoms with E-state index in [1.807, 2.05) is 36.9 Å². The number of nitrogens with zero attached hydrogens (tertiary/aromatic N) is 4. The molecular weight excluding hydrogens is 330 g/mol. The molecule has 7 nitrogen and oxygen atoms in total. The average molecular weight is 351 g/mol. The summed E-state index contributed by atoms with van der Waals surface area (Å²) in [5.74, 6) is 0.698. The highest BCUT2D eigenvalue weighted by molar-refractivity contribution is 5.92. The van der Waals surface area contributed by atoms with Crippen molar-refractivity contribution < 1.29 is 9.32 Å². The van der Waals surface area contributed by atoms with Gasteiger partial charge in [0.05, 0.1) is 17.9 Å². The largest absolute Gasteiger partial charge is 0.360 e. The summed E-state index contributed by atoms with van der Waals surface area (Å²) in [6.45, 7) is 4.01. The number of pyridine rings is 1. The van der Waals surface area contributed by atoms with Gasteiger partial charge in [-0.15, -0.1) is 0 Å². The van der Waals surface area contributed by atoms with Crippen molar-refractivity contribution in [3.63, 3.8) is 0 Å². The third-order valence-electron chi connectivity index (χ3n) is 4.73. The van der Waals surface area contributed by atoms with Gasteiger partial charge in [-0.05, 0) is 31.4 Å². The van der Waals surface area contributed by atoms with E-state index in [1.165, 1.54) is 0 Å². The molecule has 134 valence electrons. The molecule has 0 aliphatic heterocycles. The summed E-state index contributed by atoms with van der Waals surface area (Å²) in [6, 6.07) is 5.50. The van der Waals surface area contributed by atoms with Crippen LogP contribution >= 0.6 is 0 Å². The lowest BCUT2D eigenvalue weighted by molar-refractivity contribution is 0.0923. The minimum atomic E-state index is -0.213. The van der Waals surface area contributed by atoms with Gasteiger partial charge in [0.2, 0.25) is 0 Å². The Balaban J connectivity index is 1.56. The fraction of sp³-hybridized carbons (Fsp3) is 0.368. The number of amides is 1. The minimum absolute atomic E-state index is 0.0685. The first-order chi connectivity index (χ1) is 12.6. The van der Waals surface area contributed by atoms with Crippen molar-refractivity contribution in [3.05, 3.63) is 59.5 Å². The van der Waals surface area contributed by atoms with Crippen LogP contribution in [0.2, 0.25) is 0 Å². The van der Waals surface area contributed by atoms with Gasteiger partial charge < -0.3 is 9.84 Å². The van der Waals surface area contributed by atoms with Crippen LogP contribution in [0.1, 0.15) is 66.2 Å². The SMILES string of the molecule is CC(C)c1cc(C(=O)N[C@@H]2CCCc3c2cnn3-c2ccncc2)no1. The fourth-order valence-electron chi connectivity index (χ4n) is 3.32. The Hall–Kier alpha value is -2.96. The highest BCUT2D eigenvalue weighted by atomic mass is 16.5. The standard InChI is InChI=1S/C19H21N5O2/c1-12(2)18-10-16(23-26-18)19(25)22-15-4-3-5-17-14(15)11-21-24(17)13-6-8-20-9-7-13/h6-12,15H,3-5H2,1-2H3,(H,22,25)/t15-/m1/s1. The quantitative estimate of drug-likeness (QED) is 0.780. The molecule has 1 amide bonds. The summed E-state index contributed by atoms with van der Waals surface area (Å²) >= 11 is 0. The maximum atomic E-state index is 12.6. The van der Waals surface area contributed by atoms with E-state index in [1.54, 1.807) is 18.5 Å². The lowest BCUT2D eigenvalue weighted by Gasteiger charge is -2.23. The molecule has 1 N–H and O–H groups in total. The van der Waals surface area contributed by atoms with Crippen LogP contribution in [0.3, 0.4) is 0 Å². The highest BCUT2D eigenvalue weighted by Crippen LogP contribution is 2.31.